The van der Waals surface area contributed by atoms with E-state index in [0.29, 0.717) is 23.5 Å². The van der Waals surface area contributed by atoms with Crippen LogP contribution in [-0.2, 0) is 6.54 Å². The van der Waals surface area contributed by atoms with Crippen LogP contribution in [0.1, 0.15) is 41.3 Å². The predicted octanol–water partition coefficient (Wildman–Crippen LogP) is 3.12. The highest BCUT2D eigenvalue weighted by atomic mass is 35.5. The number of hydrogen-bond acceptors (Lipinski definition) is 3. The van der Waals surface area contributed by atoms with Crippen molar-refractivity contribution in [1.82, 2.24) is 14.8 Å². The summed E-state index contributed by atoms with van der Waals surface area (Å²) in [5.41, 5.74) is 2.55. The van der Waals surface area contributed by atoms with Gasteiger partial charge in [-0.25, -0.2) is 0 Å². The molecule has 1 aromatic carbocycles. The molecular weight excluding hydrogens is 350 g/mol. The molecule has 1 aliphatic heterocycles. The van der Waals surface area contributed by atoms with E-state index in [1.165, 1.54) is 12.8 Å². The second-order valence-electron chi connectivity index (χ2n) is 6.99. The van der Waals surface area contributed by atoms with Crippen molar-refractivity contribution in [1.29, 1.82) is 0 Å². The van der Waals surface area contributed by atoms with Crippen LogP contribution in [0.15, 0.2) is 17.1 Å². The molecule has 0 unspecified atom stereocenters. The third kappa shape index (κ3) is 3.51. The largest absolute Gasteiger partial charge is 0.351 e. The van der Waals surface area contributed by atoms with Gasteiger partial charge >= 0.3 is 0 Å². The summed E-state index contributed by atoms with van der Waals surface area (Å²) in [5.74, 6) is -0.326. The van der Waals surface area contributed by atoms with E-state index in [2.05, 4.69) is 10.2 Å². The molecule has 140 valence electrons. The molecule has 5 nitrogen and oxygen atoms in total. The molecule has 0 bridgehead atoms. The van der Waals surface area contributed by atoms with Gasteiger partial charge in [0.15, 0.2) is 0 Å². The van der Waals surface area contributed by atoms with Crippen molar-refractivity contribution in [2.45, 2.75) is 40.2 Å². The van der Waals surface area contributed by atoms with Gasteiger partial charge < -0.3 is 14.8 Å². The van der Waals surface area contributed by atoms with Crippen LogP contribution in [0.4, 0.5) is 0 Å². The lowest BCUT2D eigenvalue weighted by atomic mass is 10.0. The second-order valence-corrected chi connectivity index (χ2v) is 7.37. The van der Waals surface area contributed by atoms with Crippen molar-refractivity contribution in [3.8, 4) is 0 Å². The zero-order chi connectivity index (χ0) is 18.8. The van der Waals surface area contributed by atoms with Crippen LogP contribution in [0.2, 0.25) is 5.02 Å². The molecule has 1 fully saturated rings. The summed E-state index contributed by atoms with van der Waals surface area (Å²) < 4.78 is 1.92. The molecule has 0 saturated carbocycles. The number of fused-ring (bicyclic) bond motifs is 1. The number of likely N-dealkylation sites (tertiary alicyclic amines) is 1. The van der Waals surface area contributed by atoms with Crippen molar-refractivity contribution < 1.29 is 4.79 Å². The van der Waals surface area contributed by atoms with Crippen molar-refractivity contribution in [3.63, 3.8) is 0 Å². The maximum absolute atomic E-state index is 13.0. The Morgan fingerprint density at radius 2 is 1.96 bits per heavy atom. The number of hydrogen-bond donors (Lipinski definition) is 1. The third-order valence-corrected chi connectivity index (χ3v) is 5.79. The molecule has 26 heavy (non-hydrogen) atoms. The fourth-order valence-corrected chi connectivity index (χ4v) is 3.90. The topological polar surface area (TPSA) is 54.3 Å². The maximum Gasteiger partial charge on any atom is 0.256 e. The highest BCUT2D eigenvalue weighted by Crippen LogP contribution is 2.28. The van der Waals surface area contributed by atoms with E-state index < -0.39 is 0 Å². The summed E-state index contributed by atoms with van der Waals surface area (Å²) in [5, 5.41) is 3.77. The summed E-state index contributed by atoms with van der Waals surface area (Å²) in [4.78, 5) is 27.9. The molecule has 0 atom stereocenters. The van der Waals surface area contributed by atoms with E-state index in [-0.39, 0.29) is 16.9 Å². The van der Waals surface area contributed by atoms with E-state index in [0.717, 1.165) is 36.3 Å². The fourth-order valence-electron chi connectivity index (χ4n) is 3.57. The van der Waals surface area contributed by atoms with E-state index >= 15 is 0 Å². The van der Waals surface area contributed by atoms with Gasteiger partial charge in [-0.05, 0) is 63.9 Å². The lowest BCUT2D eigenvalue weighted by molar-refractivity contribution is 0.0948. The zero-order valence-corrected chi connectivity index (χ0v) is 16.4. The Morgan fingerprint density at radius 3 is 2.62 bits per heavy atom. The Bertz CT molecular complexity index is 898. The Kier molecular flexibility index (Phi) is 5.68. The van der Waals surface area contributed by atoms with Crippen LogP contribution >= 0.6 is 11.6 Å². The number of amides is 1. The summed E-state index contributed by atoms with van der Waals surface area (Å²) >= 11 is 6.48. The van der Waals surface area contributed by atoms with Gasteiger partial charge in [-0.2, -0.15) is 0 Å². The molecule has 1 aliphatic rings. The molecule has 2 heterocycles. The van der Waals surface area contributed by atoms with Gasteiger partial charge in [0.05, 0.1) is 15.9 Å². The van der Waals surface area contributed by atoms with Crippen LogP contribution in [0.5, 0.6) is 0 Å². The third-order valence-electron chi connectivity index (χ3n) is 5.31. The first kappa shape index (κ1) is 18.9. The average Bonchev–Trinajstić information content (AvgIpc) is 3.13. The molecule has 3 rings (SSSR count). The van der Waals surface area contributed by atoms with Crippen molar-refractivity contribution in [2.75, 3.05) is 26.2 Å². The number of benzene rings is 1. The van der Waals surface area contributed by atoms with Crippen LogP contribution < -0.4 is 10.7 Å². The summed E-state index contributed by atoms with van der Waals surface area (Å²) in [6, 6.07) is 1.97. The van der Waals surface area contributed by atoms with Crippen LogP contribution in [0, 0.1) is 13.8 Å². The fraction of sp³-hybridized carbons (Fsp3) is 0.500. The van der Waals surface area contributed by atoms with Crippen molar-refractivity contribution in [3.05, 3.63) is 44.2 Å². The summed E-state index contributed by atoms with van der Waals surface area (Å²) in [6.07, 6.45) is 4.09. The molecule has 0 radical (unpaired) electrons. The first-order valence-electron chi connectivity index (χ1n) is 9.27. The first-order chi connectivity index (χ1) is 12.4. The predicted molar refractivity (Wildman–Crippen MR) is 106 cm³/mol. The molecule has 0 aliphatic carbocycles. The SMILES string of the molecule is CCn1cc(C(=O)NCCN2CCCC2)c(=O)c2c(Cl)c(C)c(C)cc21. The number of carbonyl (C=O) groups excluding carboxylic acids is 1. The quantitative estimate of drug-likeness (QED) is 0.873. The van der Waals surface area contributed by atoms with Gasteiger partial charge in [-0.1, -0.05) is 11.6 Å². The van der Waals surface area contributed by atoms with Gasteiger partial charge in [-0.15, -0.1) is 0 Å². The van der Waals surface area contributed by atoms with Crippen LogP contribution in [0.3, 0.4) is 0 Å². The van der Waals surface area contributed by atoms with Gasteiger partial charge in [0.2, 0.25) is 5.43 Å². The first-order valence-corrected chi connectivity index (χ1v) is 9.65. The molecule has 1 aromatic heterocycles. The van der Waals surface area contributed by atoms with Crippen molar-refractivity contribution in [2.24, 2.45) is 0 Å². The highest BCUT2D eigenvalue weighted by Gasteiger charge is 2.19. The number of aryl methyl sites for hydroxylation is 2. The molecule has 6 heteroatoms. The minimum Gasteiger partial charge on any atom is -0.351 e. The van der Waals surface area contributed by atoms with Gasteiger partial charge in [0, 0.05) is 25.8 Å². The number of nitrogens with one attached hydrogen (secondary N) is 1. The van der Waals surface area contributed by atoms with Gasteiger partial charge in [0.25, 0.3) is 5.91 Å². The minimum atomic E-state index is -0.326. The van der Waals surface area contributed by atoms with Crippen LogP contribution in [-0.4, -0.2) is 41.6 Å². The maximum atomic E-state index is 13.0. The number of nitrogens with zero attached hydrogens (tertiary/aromatic N) is 2. The lowest BCUT2D eigenvalue weighted by Crippen LogP contribution is -2.36. The number of carbonyl (C=O) groups is 1. The molecule has 2 aromatic rings. The smallest absolute Gasteiger partial charge is 0.256 e. The molecule has 0 spiro atoms. The monoisotopic (exact) mass is 375 g/mol. The number of aromatic nitrogens is 1. The van der Waals surface area contributed by atoms with Crippen molar-refractivity contribution >= 4 is 28.4 Å². The standard InChI is InChI=1S/C20H26ClN3O2/c1-4-24-12-15(20(26)22-7-10-23-8-5-6-9-23)19(25)17-16(24)11-13(2)14(3)18(17)21/h11-12H,4-10H2,1-3H3,(H,22,26). The van der Waals surface area contributed by atoms with E-state index in [1.807, 2.05) is 31.4 Å². The molecular formula is C20H26ClN3O2. The molecule has 1 amide bonds. The zero-order valence-electron chi connectivity index (χ0n) is 15.7. The van der Waals surface area contributed by atoms with E-state index in [4.69, 9.17) is 11.6 Å². The normalized spacial score (nSPS) is 14.9. The summed E-state index contributed by atoms with van der Waals surface area (Å²) in [6.45, 7) is 10.1. The van der Waals surface area contributed by atoms with E-state index in [1.54, 1.807) is 6.20 Å². The molecule has 1 N–H and O–H groups in total. The highest BCUT2D eigenvalue weighted by molar-refractivity contribution is 6.36. The molecule has 1 saturated heterocycles. The van der Waals surface area contributed by atoms with Gasteiger partial charge in [0.1, 0.15) is 5.56 Å². The Balaban J connectivity index is 1.94. The number of rotatable bonds is 5. The minimum absolute atomic E-state index is 0.158. The summed E-state index contributed by atoms with van der Waals surface area (Å²) in [7, 11) is 0. The lowest BCUT2D eigenvalue weighted by Gasteiger charge is -2.16. The Hall–Kier alpha value is -1.85. The second kappa shape index (κ2) is 7.80. The van der Waals surface area contributed by atoms with Gasteiger partial charge in [-0.3, -0.25) is 9.59 Å². The number of halogens is 1. The Morgan fingerprint density at radius 1 is 1.27 bits per heavy atom. The number of pyridine rings is 1. The van der Waals surface area contributed by atoms with E-state index in [9.17, 15) is 9.59 Å². The van der Waals surface area contributed by atoms with Crippen LogP contribution in [0.25, 0.3) is 10.9 Å². The average molecular weight is 376 g/mol. The Labute approximate surface area is 158 Å².